The summed E-state index contributed by atoms with van der Waals surface area (Å²) in [6.45, 7) is 5.30. The largest absolute Gasteiger partial charge is 0.478 e. The van der Waals surface area contributed by atoms with Gasteiger partial charge in [-0.25, -0.2) is 4.79 Å². The molecule has 1 N–H and O–H groups in total. The van der Waals surface area contributed by atoms with E-state index in [9.17, 15) is 4.79 Å². The Kier molecular flexibility index (Phi) is 3.68. The summed E-state index contributed by atoms with van der Waals surface area (Å²) in [5.41, 5.74) is 1.04. The van der Waals surface area contributed by atoms with E-state index < -0.39 is 5.97 Å². The molecule has 1 aromatic rings. The zero-order chi connectivity index (χ0) is 11.3. The van der Waals surface area contributed by atoms with Crippen molar-refractivity contribution in [2.24, 2.45) is 0 Å². The summed E-state index contributed by atoms with van der Waals surface area (Å²) < 4.78 is 5.27. The third-order valence-corrected chi connectivity index (χ3v) is 1.83. The van der Waals surface area contributed by atoms with Crippen LogP contribution in [0.1, 0.15) is 15.9 Å². The minimum atomic E-state index is -0.939. The van der Waals surface area contributed by atoms with Crippen LogP contribution < -0.4 is 4.74 Å². The molecule has 0 unspecified atom stereocenters. The predicted octanol–water partition coefficient (Wildman–Crippen LogP) is 2.77. The van der Waals surface area contributed by atoms with E-state index in [1.54, 1.807) is 31.2 Å². The Morgan fingerprint density at radius 3 is 2.80 bits per heavy atom. The highest BCUT2D eigenvalue weighted by atomic mass is 16.5. The van der Waals surface area contributed by atoms with Gasteiger partial charge in [-0.05, 0) is 36.8 Å². The van der Waals surface area contributed by atoms with Crippen LogP contribution in [0.5, 0.6) is 5.75 Å². The molecule has 3 nitrogen and oxygen atoms in total. The maximum Gasteiger partial charge on any atom is 0.335 e. The summed E-state index contributed by atoms with van der Waals surface area (Å²) >= 11 is 0. The molecule has 0 aliphatic carbocycles. The van der Waals surface area contributed by atoms with E-state index in [1.807, 2.05) is 0 Å². The second kappa shape index (κ2) is 5.00. The summed E-state index contributed by atoms with van der Waals surface area (Å²) in [6.07, 6.45) is 4.75. The standard InChI is InChI=1S/C12H12O3/c1-3-4-7-15-11-6-5-10(12(13)14)8-9(11)2/h3-8H,1H2,2H3,(H,13,14)/b7-4+. The second-order valence-corrected chi connectivity index (χ2v) is 2.97. The van der Waals surface area contributed by atoms with Gasteiger partial charge in [-0.2, -0.15) is 0 Å². The Labute approximate surface area is 88.3 Å². The van der Waals surface area contributed by atoms with Crippen LogP contribution in [0.15, 0.2) is 43.2 Å². The summed E-state index contributed by atoms with van der Waals surface area (Å²) in [5.74, 6) is -0.301. The van der Waals surface area contributed by atoms with Crippen LogP contribution in [-0.4, -0.2) is 11.1 Å². The van der Waals surface area contributed by atoms with E-state index in [0.29, 0.717) is 5.75 Å². The van der Waals surface area contributed by atoms with Crippen molar-refractivity contribution in [2.75, 3.05) is 0 Å². The molecule has 0 heterocycles. The Balaban J connectivity index is 2.88. The maximum absolute atomic E-state index is 10.7. The monoisotopic (exact) mass is 204 g/mol. The van der Waals surface area contributed by atoms with E-state index >= 15 is 0 Å². The number of hydrogen-bond acceptors (Lipinski definition) is 2. The summed E-state index contributed by atoms with van der Waals surface area (Å²) in [5, 5.41) is 8.75. The number of aromatic carboxylic acids is 1. The molecule has 0 fully saturated rings. The first kappa shape index (κ1) is 11.0. The number of aryl methyl sites for hydroxylation is 1. The second-order valence-electron chi connectivity index (χ2n) is 2.97. The van der Waals surface area contributed by atoms with Gasteiger partial charge < -0.3 is 9.84 Å². The number of carbonyl (C=O) groups is 1. The van der Waals surface area contributed by atoms with E-state index in [4.69, 9.17) is 9.84 Å². The number of hydrogen-bond donors (Lipinski definition) is 1. The first-order chi connectivity index (χ1) is 7.15. The lowest BCUT2D eigenvalue weighted by atomic mass is 10.1. The lowest BCUT2D eigenvalue weighted by molar-refractivity contribution is 0.0697. The van der Waals surface area contributed by atoms with Gasteiger partial charge in [0.1, 0.15) is 5.75 Å². The number of carboxylic acid groups (broad SMARTS) is 1. The predicted molar refractivity (Wildman–Crippen MR) is 58.1 cm³/mol. The molecule has 0 amide bonds. The normalized spacial score (nSPS) is 10.2. The lowest BCUT2D eigenvalue weighted by Crippen LogP contribution is -1.97. The van der Waals surface area contributed by atoms with Crippen molar-refractivity contribution in [2.45, 2.75) is 6.92 Å². The van der Waals surface area contributed by atoms with Gasteiger partial charge in [0.15, 0.2) is 0 Å². The van der Waals surface area contributed by atoms with Gasteiger partial charge in [0.25, 0.3) is 0 Å². The molecule has 78 valence electrons. The van der Waals surface area contributed by atoms with E-state index in [1.165, 1.54) is 12.3 Å². The highest BCUT2D eigenvalue weighted by Crippen LogP contribution is 2.19. The molecule has 0 aliphatic rings. The minimum Gasteiger partial charge on any atom is -0.478 e. The van der Waals surface area contributed by atoms with Gasteiger partial charge >= 0.3 is 5.97 Å². The molecule has 0 spiro atoms. The van der Waals surface area contributed by atoms with Gasteiger partial charge in [0, 0.05) is 0 Å². The van der Waals surface area contributed by atoms with Gasteiger partial charge in [-0.3, -0.25) is 0 Å². The fourth-order valence-electron chi connectivity index (χ4n) is 1.08. The molecule has 1 rings (SSSR count). The zero-order valence-corrected chi connectivity index (χ0v) is 8.43. The Morgan fingerprint density at radius 2 is 2.27 bits per heavy atom. The van der Waals surface area contributed by atoms with E-state index in [0.717, 1.165) is 5.56 Å². The zero-order valence-electron chi connectivity index (χ0n) is 8.43. The van der Waals surface area contributed by atoms with Crippen LogP contribution in [0.25, 0.3) is 0 Å². The van der Waals surface area contributed by atoms with Gasteiger partial charge in [-0.15, -0.1) is 0 Å². The average Bonchev–Trinajstić information content (AvgIpc) is 2.20. The third-order valence-electron chi connectivity index (χ3n) is 1.83. The Morgan fingerprint density at radius 1 is 1.53 bits per heavy atom. The fraction of sp³-hybridized carbons (Fsp3) is 0.0833. The molecule has 0 bridgehead atoms. The van der Waals surface area contributed by atoms with Crippen LogP contribution in [-0.2, 0) is 0 Å². The highest BCUT2D eigenvalue weighted by Gasteiger charge is 2.05. The number of allylic oxidation sites excluding steroid dienone is 2. The number of ether oxygens (including phenoxy) is 1. The van der Waals surface area contributed by atoms with E-state index in [2.05, 4.69) is 6.58 Å². The minimum absolute atomic E-state index is 0.257. The molecule has 15 heavy (non-hydrogen) atoms. The highest BCUT2D eigenvalue weighted by molar-refractivity contribution is 5.88. The number of rotatable bonds is 4. The van der Waals surface area contributed by atoms with Crippen molar-refractivity contribution in [3.05, 3.63) is 54.3 Å². The SMILES string of the molecule is C=C/C=C/Oc1ccc(C(=O)O)cc1C. The average molecular weight is 204 g/mol. The van der Waals surface area contributed by atoms with Crippen molar-refractivity contribution in [3.8, 4) is 5.75 Å². The topological polar surface area (TPSA) is 46.5 Å². The van der Waals surface area contributed by atoms with Crippen molar-refractivity contribution >= 4 is 5.97 Å². The first-order valence-corrected chi connectivity index (χ1v) is 4.43. The molecular formula is C12H12O3. The van der Waals surface area contributed by atoms with Crippen LogP contribution in [0.4, 0.5) is 0 Å². The molecule has 3 heteroatoms. The molecule has 0 radical (unpaired) electrons. The molecule has 0 atom stereocenters. The Bertz CT molecular complexity index is 405. The molecular weight excluding hydrogens is 192 g/mol. The number of carboxylic acids is 1. The van der Waals surface area contributed by atoms with Crippen LogP contribution in [0.3, 0.4) is 0 Å². The third kappa shape index (κ3) is 2.98. The molecule has 0 aliphatic heterocycles. The van der Waals surface area contributed by atoms with Crippen LogP contribution in [0, 0.1) is 6.92 Å². The quantitative estimate of drug-likeness (QED) is 0.606. The molecule has 1 aromatic carbocycles. The van der Waals surface area contributed by atoms with Gasteiger partial charge in [-0.1, -0.05) is 12.7 Å². The van der Waals surface area contributed by atoms with Crippen molar-refractivity contribution in [1.82, 2.24) is 0 Å². The molecule has 0 saturated heterocycles. The summed E-state index contributed by atoms with van der Waals surface area (Å²) in [6, 6.07) is 4.71. The Hall–Kier alpha value is -2.03. The van der Waals surface area contributed by atoms with Crippen molar-refractivity contribution in [3.63, 3.8) is 0 Å². The van der Waals surface area contributed by atoms with Gasteiger partial charge in [0.05, 0.1) is 11.8 Å². The van der Waals surface area contributed by atoms with Crippen LogP contribution in [0.2, 0.25) is 0 Å². The smallest absolute Gasteiger partial charge is 0.335 e. The van der Waals surface area contributed by atoms with Crippen molar-refractivity contribution < 1.29 is 14.6 Å². The molecule has 0 saturated carbocycles. The first-order valence-electron chi connectivity index (χ1n) is 4.43. The van der Waals surface area contributed by atoms with E-state index in [-0.39, 0.29) is 5.56 Å². The van der Waals surface area contributed by atoms with Crippen LogP contribution >= 0.6 is 0 Å². The lowest BCUT2D eigenvalue weighted by Gasteiger charge is -2.04. The molecule has 0 aromatic heterocycles. The van der Waals surface area contributed by atoms with Crippen molar-refractivity contribution in [1.29, 1.82) is 0 Å². The van der Waals surface area contributed by atoms with Gasteiger partial charge in [0.2, 0.25) is 0 Å². The summed E-state index contributed by atoms with van der Waals surface area (Å²) in [7, 11) is 0. The number of benzene rings is 1. The fourth-order valence-corrected chi connectivity index (χ4v) is 1.08. The maximum atomic E-state index is 10.7. The summed E-state index contributed by atoms with van der Waals surface area (Å²) in [4.78, 5) is 10.7.